The quantitative estimate of drug-likeness (QED) is 0.709. The second-order valence-corrected chi connectivity index (χ2v) is 7.45. The summed E-state index contributed by atoms with van der Waals surface area (Å²) in [6.07, 6.45) is 1.58. The normalized spacial score (nSPS) is 16.9. The number of para-hydroxylation sites is 2. The van der Waals surface area contributed by atoms with E-state index in [1.165, 1.54) is 0 Å². The van der Waals surface area contributed by atoms with Crippen molar-refractivity contribution < 1.29 is 9.59 Å². The Hall–Kier alpha value is -2.86. The summed E-state index contributed by atoms with van der Waals surface area (Å²) in [6, 6.07) is 14.6. The number of carbonyl (C=O) groups is 2. The highest BCUT2D eigenvalue weighted by molar-refractivity contribution is 6.30. The molecule has 1 aromatic heterocycles. The molecule has 1 unspecified atom stereocenters. The summed E-state index contributed by atoms with van der Waals surface area (Å²) >= 11 is 5.89. The number of aromatic nitrogens is 2. The number of piperidine rings is 1. The summed E-state index contributed by atoms with van der Waals surface area (Å²) in [4.78, 5) is 34.7. The molecule has 28 heavy (non-hydrogen) atoms. The summed E-state index contributed by atoms with van der Waals surface area (Å²) in [5, 5.41) is 3.54. The molecule has 1 fully saturated rings. The van der Waals surface area contributed by atoms with Crippen molar-refractivity contribution >= 4 is 34.4 Å². The number of hydrogen-bond donors (Lipinski definition) is 2. The van der Waals surface area contributed by atoms with Crippen LogP contribution in [0.3, 0.4) is 0 Å². The molecule has 0 bridgehead atoms. The highest BCUT2D eigenvalue weighted by atomic mass is 35.5. The van der Waals surface area contributed by atoms with Crippen molar-refractivity contribution in [3.63, 3.8) is 0 Å². The molecule has 2 heterocycles. The molecular formula is C21H21ClN4O2. The SMILES string of the molecule is O=C(NCc1nc2ccccc2[nH]1)C1CCCN(C(=O)c2ccc(Cl)cc2)C1. The van der Waals surface area contributed by atoms with Gasteiger partial charge in [0.1, 0.15) is 5.82 Å². The van der Waals surface area contributed by atoms with Crippen LogP contribution in [0.25, 0.3) is 11.0 Å². The van der Waals surface area contributed by atoms with E-state index in [0.29, 0.717) is 30.2 Å². The molecule has 2 amide bonds. The van der Waals surface area contributed by atoms with Gasteiger partial charge < -0.3 is 15.2 Å². The van der Waals surface area contributed by atoms with Crippen LogP contribution < -0.4 is 5.32 Å². The van der Waals surface area contributed by atoms with Crippen LogP contribution in [-0.4, -0.2) is 39.8 Å². The highest BCUT2D eigenvalue weighted by Gasteiger charge is 2.28. The number of aromatic amines is 1. The minimum atomic E-state index is -0.214. The van der Waals surface area contributed by atoms with Crippen molar-refractivity contribution in [2.45, 2.75) is 19.4 Å². The van der Waals surface area contributed by atoms with Crippen molar-refractivity contribution in [2.24, 2.45) is 5.92 Å². The zero-order chi connectivity index (χ0) is 19.5. The third-order valence-corrected chi connectivity index (χ3v) is 5.29. The van der Waals surface area contributed by atoms with Gasteiger partial charge in [-0.15, -0.1) is 0 Å². The lowest BCUT2D eigenvalue weighted by atomic mass is 9.96. The Morgan fingerprint density at radius 3 is 2.75 bits per heavy atom. The number of carbonyl (C=O) groups excluding carboxylic acids is 2. The van der Waals surface area contributed by atoms with Gasteiger partial charge in [0.05, 0.1) is 23.5 Å². The molecule has 4 rings (SSSR count). The Morgan fingerprint density at radius 1 is 1.18 bits per heavy atom. The summed E-state index contributed by atoms with van der Waals surface area (Å²) in [7, 11) is 0. The van der Waals surface area contributed by atoms with Crippen LogP contribution in [0.15, 0.2) is 48.5 Å². The van der Waals surface area contributed by atoms with Crippen LogP contribution >= 0.6 is 11.6 Å². The molecular weight excluding hydrogens is 376 g/mol. The fourth-order valence-corrected chi connectivity index (χ4v) is 3.68. The van der Waals surface area contributed by atoms with Gasteiger partial charge >= 0.3 is 0 Å². The summed E-state index contributed by atoms with van der Waals surface area (Å²) in [5.41, 5.74) is 2.42. The monoisotopic (exact) mass is 396 g/mol. The Bertz CT molecular complexity index is 966. The average molecular weight is 397 g/mol. The van der Waals surface area contributed by atoms with Crippen molar-refractivity contribution in [3.8, 4) is 0 Å². The molecule has 1 aliphatic heterocycles. The van der Waals surface area contributed by atoms with Gasteiger partial charge in [-0.2, -0.15) is 0 Å². The number of imidazole rings is 1. The maximum atomic E-state index is 12.7. The second-order valence-electron chi connectivity index (χ2n) is 7.02. The number of nitrogens with one attached hydrogen (secondary N) is 2. The maximum Gasteiger partial charge on any atom is 0.253 e. The number of nitrogens with zero attached hydrogens (tertiary/aromatic N) is 2. The van der Waals surface area contributed by atoms with Gasteiger partial charge in [0.2, 0.25) is 5.91 Å². The Morgan fingerprint density at radius 2 is 1.96 bits per heavy atom. The number of likely N-dealkylation sites (tertiary alicyclic amines) is 1. The minimum Gasteiger partial charge on any atom is -0.349 e. The number of fused-ring (bicyclic) bond motifs is 1. The predicted molar refractivity (Wildman–Crippen MR) is 108 cm³/mol. The predicted octanol–water partition coefficient (Wildman–Crippen LogP) is 3.38. The second kappa shape index (κ2) is 8.02. The van der Waals surface area contributed by atoms with Crippen LogP contribution in [0.5, 0.6) is 0 Å². The van der Waals surface area contributed by atoms with Crippen LogP contribution in [0.4, 0.5) is 0 Å². The Labute approximate surface area is 167 Å². The smallest absolute Gasteiger partial charge is 0.253 e. The Kier molecular flexibility index (Phi) is 5.30. The molecule has 1 saturated heterocycles. The van der Waals surface area contributed by atoms with Crippen molar-refractivity contribution in [1.29, 1.82) is 0 Å². The van der Waals surface area contributed by atoms with Gasteiger partial charge in [0.25, 0.3) is 5.91 Å². The van der Waals surface area contributed by atoms with Crippen molar-refractivity contribution in [2.75, 3.05) is 13.1 Å². The van der Waals surface area contributed by atoms with E-state index in [0.717, 1.165) is 29.7 Å². The van der Waals surface area contributed by atoms with E-state index >= 15 is 0 Å². The van der Waals surface area contributed by atoms with E-state index in [4.69, 9.17) is 11.6 Å². The summed E-state index contributed by atoms with van der Waals surface area (Å²) in [5.74, 6) is 0.398. The van der Waals surface area contributed by atoms with Gasteiger partial charge in [-0.1, -0.05) is 23.7 Å². The van der Waals surface area contributed by atoms with Gasteiger partial charge in [-0.3, -0.25) is 9.59 Å². The first kappa shape index (κ1) is 18.5. The van der Waals surface area contributed by atoms with Gasteiger partial charge in [-0.05, 0) is 49.2 Å². The molecule has 1 atom stereocenters. The number of amides is 2. The number of benzene rings is 2. The molecule has 0 saturated carbocycles. The topological polar surface area (TPSA) is 78.1 Å². The largest absolute Gasteiger partial charge is 0.349 e. The fraction of sp³-hybridized carbons (Fsp3) is 0.286. The first-order valence-corrected chi connectivity index (χ1v) is 9.74. The van der Waals surface area contributed by atoms with E-state index in [1.807, 2.05) is 24.3 Å². The molecule has 2 N–H and O–H groups in total. The lowest BCUT2D eigenvalue weighted by molar-refractivity contribution is -0.126. The molecule has 7 heteroatoms. The number of rotatable bonds is 4. The molecule has 0 spiro atoms. The fourth-order valence-electron chi connectivity index (χ4n) is 3.56. The first-order chi connectivity index (χ1) is 13.6. The molecule has 0 radical (unpaired) electrons. The lowest BCUT2D eigenvalue weighted by Gasteiger charge is -2.32. The van der Waals surface area contributed by atoms with Crippen molar-refractivity contribution in [3.05, 3.63) is 64.9 Å². The van der Waals surface area contributed by atoms with Crippen LogP contribution in [-0.2, 0) is 11.3 Å². The summed E-state index contributed by atoms with van der Waals surface area (Å²) in [6.45, 7) is 1.43. The zero-order valence-corrected chi connectivity index (χ0v) is 16.1. The molecule has 1 aliphatic rings. The maximum absolute atomic E-state index is 12.7. The average Bonchev–Trinajstić information content (AvgIpc) is 3.15. The molecule has 144 valence electrons. The van der Waals surface area contributed by atoms with E-state index in [-0.39, 0.29) is 17.7 Å². The first-order valence-electron chi connectivity index (χ1n) is 9.36. The molecule has 3 aromatic rings. The lowest BCUT2D eigenvalue weighted by Crippen LogP contribution is -2.45. The van der Waals surface area contributed by atoms with Crippen LogP contribution in [0.1, 0.15) is 29.0 Å². The van der Waals surface area contributed by atoms with E-state index in [9.17, 15) is 9.59 Å². The minimum absolute atomic E-state index is 0.0472. The number of H-pyrrole nitrogens is 1. The van der Waals surface area contributed by atoms with Gasteiger partial charge in [-0.25, -0.2) is 4.98 Å². The third kappa shape index (κ3) is 4.02. The molecule has 0 aliphatic carbocycles. The zero-order valence-electron chi connectivity index (χ0n) is 15.3. The van der Waals surface area contributed by atoms with E-state index in [2.05, 4.69) is 15.3 Å². The van der Waals surface area contributed by atoms with E-state index in [1.54, 1.807) is 29.2 Å². The number of halogens is 1. The van der Waals surface area contributed by atoms with Crippen LogP contribution in [0, 0.1) is 5.92 Å². The van der Waals surface area contributed by atoms with E-state index < -0.39 is 0 Å². The van der Waals surface area contributed by atoms with Gasteiger partial charge in [0, 0.05) is 23.7 Å². The van der Waals surface area contributed by atoms with Crippen molar-refractivity contribution in [1.82, 2.24) is 20.2 Å². The molecule has 6 nitrogen and oxygen atoms in total. The third-order valence-electron chi connectivity index (χ3n) is 5.04. The number of hydrogen-bond acceptors (Lipinski definition) is 3. The molecule has 2 aromatic carbocycles. The van der Waals surface area contributed by atoms with Gasteiger partial charge in [0.15, 0.2) is 0 Å². The Balaban J connectivity index is 1.36. The standard InChI is InChI=1S/C21H21ClN4O2/c22-16-9-7-14(8-10-16)21(28)26-11-3-4-15(13-26)20(27)23-12-19-24-17-5-1-2-6-18(17)25-19/h1-2,5-10,15H,3-4,11-13H2,(H,23,27)(H,24,25). The highest BCUT2D eigenvalue weighted by Crippen LogP contribution is 2.20. The summed E-state index contributed by atoms with van der Waals surface area (Å²) < 4.78 is 0. The van der Waals surface area contributed by atoms with Crippen LogP contribution in [0.2, 0.25) is 5.02 Å².